The number of hydrogen-bond acceptors (Lipinski definition) is 5. The normalized spacial score (nSPS) is 10.5. The average Bonchev–Trinajstić information content (AvgIpc) is 2.91. The van der Waals surface area contributed by atoms with Crippen LogP contribution in [0.1, 0.15) is 10.4 Å². The Labute approximate surface area is 137 Å². The van der Waals surface area contributed by atoms with Crippen molar-refractivity contribution in [3.05, 3.63) is 38.5 Å². The van der Waals surface area contributed by atoms with Crippen molar-refractivity contribution < 1.29 is 14.2 Å². The molecular weight excluding hydrogens is 354 g/mol. The second kappa shape index (κ2) is 7.68. The molecule has 114 valence electrons. The van der Waals surface area contributed by atoms with Crippen molar-refractivity contribution in [1.29, 1.82) is 0 Å². The largest absolute Gasteiger partial charge is 0.493 e. The molecule has 4 nitrogen and oxygen atoms in total. The van der Waals surface area contributed by atoms with Gasteiger partial charge in [0, 0.05) is 23.5 Å². The fourth-order valence-electron chi connectivity index (χ4n) is 2.07. The lowest BCUT2D eigenvalue weighted by molar-refractivity contribution is 0.321. The first-order valence-electron chi connectivity index (χ1n) is 6.42. The van der Waals surface area contributed by atoms with Gasteiger partial charge < -0.3 is 19.5 Å². The van der Waals surface area contributed by atoms with Crippen molar-refractivity contribution in [3.63, 3.8) is 0 Å². The van der Waals surface area contributed by atoms with E-state index in [-0.39, 0.29) is 0 Å². The summed E-state index contributed by atoms with van der Waals surface area (Å²) in [7, 11) is 4.86. The van der Waals surface area contributed by atoms with Gasteiger partial charge in [-0.25, -0.2) is 0 Å². The van der Waals surface area contributed by atoms with E-state index in [1.807, 2.05) is 12.1 Å². The lowest BCUT2D eigenvalue weighted by Crippen LogP contribution is -2.13. The second-order valence-electron chi connectivity index (χ2n) is 4.30. The molecule has 6 heteroatoms. The van der Waals surface area contributed by atoms with Gasteiger partial charge in [0.1, 0.15) is 0 Å². The Hall–Kier alpha value is -1.24. The highest BCUT2D eigenvalue weighted by atomic mass is 79.9. The summed E-state index contributed by atoms with van der Waals surface area (Å²) in [4.78, 5) is 1.28. The Kier molecular flexibility index (Phi) is 5.90. The van der Waals surface area contributed by atoms with E-state index in [2.05, 4.69) is 33.4 Å². The minimum absolute atomic E-state index is 0.623. The van der Waals surface area contributed by atoms with E-state index in [1.165, 1.54) is 4.88 Å². The third kappa shape index (κ3) is 3.90. The highest BCUT2D eigenvalue weighted by molar-refractivity contribution is 9.11. The van der Waals surface area contributed by atoms with Gasteiger partial charge in [-0.05, 0) is 34.1 Å². The molecule has 2 aromatic rings. The molecule has 0 bridgehead atoms. The maximum absolute atomic E-state index is 5.47. The first-order chi connectivity index (χ1) is 10.2. The molecule has 0 amide bonds. The molecule has 1 heterocycles. The summed E-state index contributed by atoms with van der Waals surface area (Å²) in [6.07, 6.45) is 0. The van der Waals surface area contributed by atoms with E-state index in [0.29, 0.717) is 23.8 Å². The number of nitrogens with one attached hydrogen (secondary N) is 1. The number of rotatable bonds is 7. The van der Waals surface area contributed by atoms with Crippen molar-refractivity contribution in [2.24, 2.45) is 0 Å². The van der Waals surface area contributed by atoms with Crippen molar-refractivity contribution in [2.45, 2.75) is 13.1 Å². The van der Waals surface area contributed by atoms with Gasteiger partial charge in [0.25, 0.3) is 0 Å². The van der Waals surface area contributed by atoms with Gasteiger partial charge in [-0.15, -0.1) is 11.3 Å². The zero-order chi connectivity index (χ0) is 15.2. The Morgan fingerprint density at radius 1 is 0.952 bits per heavy atom. The van der Waals surface area contributed by atoms with E-state index in [0.717, 1.165) is 15.9 Å². The van der Waals surface area contributed by atoms with Gasteiger partial charge in [-0.2, -0.15) is 0 Å². The van der Waals surface area contributed by atoms with Crippen LogP contribution in [0.5, 0.6) is 17.2 Å². The zero-order valence-corrected chi connectivity index (χ0v) is 14.6. The van der Waals surface area contributed by atoms with E-state index >= 15 is 0 Å². The molecule has 0 spiro atoms. The third-order valence-electron chi connectivity index (χ3n) is 3.03. The second-order valence-corrected chi connectivity index (χ2v) is 6.85. The van der Waals surface area contributed by atoms with E-state index in [4.69, 9.17) is 14.2 Å². The van der Waals surface area contributed by atoms with Gasteiger partial charge in [0.15, 0.2) is 11.5 Å². The molecule has 0 radical (unpaired) electrons. The van der Waals surface area contributed by atoms with Crippen molar-refractivity contribution in [1.82, 2.24) is 5.32 Å². The molecule has 0 saturated carbocycles. The molecule has 1 N–H and O–H groups in total. The van der Waals surface area contributed by atoms with Crippen molar-refractivity contribution >= 4 is 27.3 Å². The quantitative estimate of drug-likeness (QED) is 0.802. The molecule has 0 unspecified atom stereocenters. The van der Waals surface area contributed by atoms with Crippen LogP contribution in [0.15, 0.2) is 28.1 Å². The minimum Gasteiger partial charge on any atom is -0.493 e. The first-order valence-corrected chi connectivity index (χ1v) is 8.03. The SMILES string of the molecule is COc1ccc(CNCc2ccc(Br)s2)c(OC)c1OC. The maximum Gasteiger partial charge on any atom is 0.203 e. The van der Waals surface area contributed by atoms with Gasteiger partial charge >= 0.3 is 0 Å². The predicted molar refractivity (Wildman–Crippen MR) is 88.7 cm³/mol. The standard InChI is InChI=1S/C15H18BrNO3S/c1-18-12-6-4-10(14(19-2)15(12)20-3)8-17-9-11-5-7-13(16)21-11/h4-7,17H,8-9H2,1-3H3. The number of halogens is 1. The molecule has 0 saturated heterocycles. The van der Waals surface area contributed by atoms with Crippen LogP contribution in [0.4, 0.5) is 0 Å². The molecule has 0 atom stereocenters. The Balaban J connectivity index is 2.08. The lowest BCUT2D eigenvalue weighted by atomic mass is 10.1. The van der Waals surface area contributed by atoms with Crippen LogP contribution in [-0.2, 0) is 13.1 Å². The summed E-state index contributed by atoms with van der Waals surface area (Å²) in [5.74, 6) is 2.00. The maximum atomic E-state index is 5.47. The zero-order valence-electron chi connectivity index (χ0n) is 12.2. The third-order valence-corrected chi connectivity index (χ3v) is 4.65. The molecule has 0 aliphatic carbocycles. The average molecular weight is 372 g/mol. The van der Waals surface area contributed by atoms with E-state index < -0.39 is 0 Å². The highest BCUT2D eigenvalue weighted by Gasteiger charge is 2.15. The van der Waals surface area contributed by atoms with Gasteiger partial charge in [-0.1, -0.05) is 6.07 Å². The van der Waals surface area contributed by atoms with Gasteiger partial charge in [0.05, 0.1) is 25.1 Å². The van der Waals surface area contributed by atoms with Crippen LogP contribution in [0.25, 0.3) is 0 Å². The lowest BCUT2D eigenvalue weighted by Gasteiger charge is -2.16. The van der Waals surface area contributed by atoms with Gasteiger partial charge in [-0.3, -0.25) is 0 Å². The topological polar surface area (TPSA) is 39.7 Å². The number of ether oxygens (including phenoxy) is 3. The molecular formula is C15H18BrNO3S. The van der Waals surface area contributed by atoms with Crippen molar-refractivity contribution in [2.75, 3.05) is 21.3 Å². The highest BCUT2D eigenvalue weighted by Crippen LogP contribution is 2.39. The monoisotopic (exact) mass is 371 g/mol. The molecule has 0 fully saturated rings. The fraction of sp³-hybridized carbons (Fsp3) is 0.333. The van der Waals surface area contributed by atoms with E-state index in [9.17, 15) is 0 Å². The Morgan fingerprint density at radius 3 is 2.29 bits per heavy atom. The summed E-state index contributed by atoms with van der Waals surface area (Å²) in [5.41, 5.74) is 1.03. The first kappa shape index (κ1) is 16.1. The summed E-state index contributed by atoms with van der Waals surface area (Å²) < 4.78 is 17.3. The van der Waals surface area contributed by atoms with E-state index in [1.54, 1.807) is 32.7 Å². The summed E-state index contributed by atoms with van der Waals surface area (Å²) >= 11 is 5.19. The van der Waals surface area contributed by atoms with Crippen molar-refractivity contribution in [3.8, 4) is 17.2 Å². The molecule has 21 heavy (non-hydrogen) atoms. The van der Waals surface area contributed by atoms with Gasteiger partial charge in [0.2, 0.25) is 5.75 Å². The Morgan fingerprint density at radius 2 is 1.71 bits per heavy atom. The summed E-state index contributed by atoms with van der Waals surface area (Å²) in [6.45, 7) is 1.51. The van der Waals surface area contributed by atoms with Crippen LogP contribution in [0.2, 0.25) is 0 Å². The van der Waals surface area contributed by atoms with Crippen LogP contribution in [0, 0.1) is 0 Å². The number of methoxy groups -OCH3 is 3. The molecule has 0 aliphatic rings. The molecule has 1 aromatic heterocycles. The number of thiophene rings is 1. The number of hydrogen-bond donors (Lipinski definition) is 1. The molecule has 2 rings (SSSR count). The smallest absolute Gasteiger partial charge is 0.203 e. The summed E-state index contributed by atoms with van der Waals surface area (Å²) in [5, 5.41) is 3.41. The fourth-order valence-corrected chi connectivity index (χ4v) is 3.52. The van der Waals surface area contributed by atoms with Crippen LogP contribution in [-0.4, -0.2) is 21.3 Å². The minimum atomic E-state index is 0.623. The molecule has 0 aliphatic heterocycles. The van der Waals surface area contributed by atoms with Crippen LogP contribution in [0.3, 0.4) is 0 Å². The predicted octanol–water partition coefficient (Wildman–Crippen LogP) is 3.83. The van der Waals surface area contributed by atoms with Crippen LogP contribution < -0.4 is 19.5 Å². The summed E-state index contributed by atoms with van der Waals surface area (Å²) in [6, 6.07) is 8.03. The van der Waals surface area contributed by atoms with Crippen LogP contribution >= 0.6 is 27.3 Å². The molecule has 1 aromatic carbocycles. The Bertz CT molecular complexity index is 601. The number of benzene rings is 1.